The second-order valence-corrected chi connectivity index (χ2v) is 9.36. The molecule has 1 aromatic heterocycles. The summed E-state index contributed by atoms with van der Waals surface area (Å²) in [5, 5.41) is 1.28. The summed E-state index contributed by atoms with van der Waals surface area (Å²) in [6.07, 6.45) is 4.34. The van der Waals surface area contributed by atoms with E-state index in [0.717, 1.165) is 38.8 Å². The second kappa shape index (κ2) is 11.4. The normalized spacial score (nSPS) is 14.1. The molecule has 33 heavy (non-hydrogen) atoms. The molecule has 1 saturated heterocycles. The Kier molecular flexibility index (Phi) is 8.05. The number of carbonyl (C=O) groups is 1. The molecule has 1 fully saturated rings. The van der Waals surface area contributed by atoms with Gasteiger partial charge in [0.25, 0.3) is 5.56 Å². The lowest BCUT2D eigenvalue weighted by molar-refractivity contribution is -0.128. The smallest absolute Gasteiger partial charge is 0.262 e. The predicted molar refractivity (Wildman–Crippen MR) is 136 cm³/mol. The van der Waals surface area contributed by atoms with Gasteiger partial charge in [0.1, 0.15) is 0 Å². The number of nitrogens with zero attached hydrogens (tertiary/aromatic N) is 4. The molecule has 0 bridgehead atoms. The monoisotopic (exact) mass is 464 g/mol. The fourth-order valence-corrected chi connectivity index (χ4v) is 5.15. The van der Waals surface area contributed by atoms with E-state index in [2.05, 4.69) is 24.0 Å². The number of hydrogen-bond donors (Lipinski definition) is 0. The predicted octanol–water partition coefficient (Wildman–Crippen LogP) is 4.42. The highest BCUT2D eigenvalue weighted by molar-refractivity contribution is 7.99. The second-order valence-electron chi connectivity index (χ2n) is 8.42. The number of para-hydroxylation sites is 2. The van der Waals surface area contributed by atoms with Gasteiger partial charge in [0, 0.05) is 38.4 Å². The molecule has 0 atom stereocenters. The van der Waals surface area contributed by atoms with Gasteiger partial charge in [-0.3, -0.25) is 14.2 Å². The van der Waals surface area contributed by atoms with Crippen LogP contribution < -0.4 is 10.5 Å². The zero-order valence-electron chi connectivity index (χ0n) is 19.3. The minimum Gasteiger partial charge on any atom is -0.368 e. The van der Waals surface area contributed by atoms with Crippen molar-refractivity contribution >= 4 is 34.3 Å². The first-order valence-corrected chi connectivity index (χ1v) is 12.9. The van der Waals surface area contributed by atoms with E-state index in [0.29, 0.717) is 41.4 Å². The van der Waals surface area contributed by atoms with Crippen LogP contribution in [-0.4, -0.2) is 52.3 Å². The van der Waals surface area contributed by atoms with Gasteiger partial charge in [0.15, 0.2) is 5.16 Å². The van der Waals surface area contributed by atoms with Crippen LogP contribution in [0.1, 0.15) is 32.6 Å². The number of fused-ring (bicyclic) bond motifs is 1. The standard InChI is InChI=1S/C26H32N4O2S/c1-2-3-4-10-15-30-25(32)22-13-8-9-14-23(22)27-26(30)33-20-24(31)29-18-16-28(17-19-29)21-11-6-5-7-12-21/h5-9,11-14H,2-4,10,15-20H2,1H3. The first-order valence-electron chi connectivity index (χ1n) is 11.9. The van der Waals surface area contributed by atoms with Crippen molar-refractivity contribution in [1.29, 1.82) is 0 Å². The Labute approximate surface area is 199 Å². The van der Waals surface area contributed by atoms with Gasteiger partial charge in [-0.05, 0) is 30.7 Å². The van der Waals surface area contributed by atoms with Crippen LogP contribution in [0, 0.1) is 0 Å². The van der Waals surface area contributed by atoms with Gasteiger partial charge in [-0.2, -0.15) is 0 Å². The van der Waals surface area contributed by atoms with E-state index in [1.807, 2.05) is 47.4 Å². The van der Waals surface area contributed by atoms with Crippen molar-refractivity contribution in [3.63, 3.8) is 0 Å². The first kappa shape index (κ1) is 23.4. The van der Waals surface area contributed by atoms with Gasteiger partial charge in [-0.1, -0.05) is 68.3 Å². The summed E-state index contributed by atoms with van der Waals surface area (Å²) in [7, 11) is 0. The van der Waals surface area contributed by atoms with Crippen LogP contribution in [0.5, 0.6) is 0 Å². The SMILES string of the molecule is CCCCCCn1c(SCC(=O)N2CCN(c3ccccc3)CC2)nc2ccccc2c1=O. The number of carbonyl (C=O) groups excluding carboxylic acids is 1. The Bertz CT molecular complexity index is 1120. The molecule has 3 aromatic rings. The van der Waals surface area contributed by atoms with Crippen molar-refractivity contribution in [3.8, 4) is 0 Å². The number of rotatable bonds is 9. The Hall–Kier alpha value is -2.80. The van der Waals surface area contributed by atoms with Gasteiger partial charge in [-0.25, -0.2) is 4.98 Å². The highest BCUT2D eigenvalue weighted by Gasteiger charge is 2.22. The van der Waals surface area contributed by atoms with E-state index in [9.17, 15) is 9.59 Å². The molecule has 0 saturated carbocycles. The molecule has 2 aromatic carbocycles. The number of thioether (sulfide) groups is 1. The average molecular weight is 465 g/mol. The zero-order chi connectivity index (χ0) is 23.0. The molecule has 2 heterocycles. The van der Waals surface area contributed by atoms with E-state index in [1.54, 1.807) is 4.57 Å². The average Bonchev–Trinajstić information content (AvgIpc) is 2.87. The molecule has 6 nitrogen and oxygen atoms in total. The number of anilines is 1. The summed E-state index contributed by atoms with van der Waals surface area (Å²) >= 11 is 1.39. The van der Waals surface area contributed by atoms with Crippen LogP contribution in [0.15, 0.2) is 64.5 Å². The fourth-order valence-electron chi connectivity index (χ4n) is 4.22. The molecule has 1 aliphatic rings. The molecular formula is C26H32N4O2S. The van der Waals surface area contributed by atoms with Crippen LogP contribution in [0.4, 0.5) is 5.69 Å². The Morgan fingerprint density at radius 3 is 2.42 bits per heavy atom. The van der Waals surface area contributed by atoms with Crippen LogP contribution in [0.2, 0.25) is 0 Å². The van der Waals surface area contributed by atoms with E-state index in [1.165, 1.54) is 17.4 Å². The number of hydrogen-bond acceptors (Lipinski definition) is 5. The number of benzene rings is 2. The van der Waals surface area contributed by atoms with E-state index in [-0.39, 0.29) is 11.5 Å². The van der Waals surface area contributed by atoms with Crippen molar-refractivity contribution < 1.29 is 4.79 Å². The van der Waals surface area contributed by atoms with Crippen molar-refractivity contribution in [2.45, 2.75) is 44.3 Å². The fraction of sp³-hybridized carbons (Fsp3) is 0.423. The summed E-state index contributed by atoms with van der Waals surface area (Å²) in [5.74, 6) is 0.401. The van der Waals surface area contributed by atoms with Crippen LogP contribution in [0.25, 0.3) is 10.9 Å². The summed E-state index contributed by atoms with van der Waals surface area (Å²) in [6.45, 7) is 5.90. The molecule has 0 spiro atoms. The maximum absolute atomic E-state index is 13.1. The summed E-state index contributed by atoms with van der Waals surface area (Å²) in [6, 6.07) is 17.8. The third-order valence-electron chi connectivity index (χ3n) is 6.14. The number of amides is 1. The minimum absolute atomic E-state index is 0.0106. The third kappa shape index (κ3) is 5.77. The maximum atomic E-state index is 13.1. The Balaban J connectivity index is 1.41. The van der Waals surface area contributed by atoms with Gasteiger partial charge >= 0.3 is 0 Å². The van der Waals surface area contributed by atoms with E-state index < -0.39 is 0 Å². The maximum Gasteiger partial charge on any atom is 0.262 e. The van der Waals surface area contributed by atoms with Crippen molar-refractivity contribution in [2.75, 3.05) is 36.8 Å². The van der Waals surface area contributed by atoms with Crippen molar-refractivity contribution in [1.82, 2.24) is 14.5 Å². The Morgan fingerprint density at radius 2 is 1.67 bits per heavy atom. The lowest BCUT2D eigenvalue weighted by Gasteiger charge is -2.36. The number of unbranched alkanes of at least 4 members (excludes halogenated alkanes) is 3. The molecule has 7 heteroatoms. The molecule has 174 valence electrons. The Morgan fingerprint density at radius 1 is 0.939 bits per heavy atom. The number of piperazine rings is 1. The molecule has 0 radical (unpaired) electrons. The van der Waals surface area contributed by atoms with Gasteiger partial charge < -0.3 is 9.80 Å². The van der Waals surface area contributed by atoms with E-state index >= 15 is 0 Å². The van der Waals surface area contributed by atoms with Crippen LogP contribution >= 0.6 is 11.8 Å². The highest BCUT2D eigenvalue weighted by Crippen LogP contribution is 2.21. The van der Waals surface area contributed by atoms with Crippen molar-refractivity contribution in [2.24, 2.45) is 0 Å². The van der Waals surface area contributed by atoms with Gasteiger partial charge in [0.2, 0.25) is 5.91 Å². The highest BCUT2D eigenvalue weighted by atomic mass is 32.2. The lowest BCUT2D eigenvalue weighted by atomic mass is 10.2. The third-order valence-corrected chi connectivity index (χ3v) is 7.10. The molecule has 0 aliphatic carbocycles. The van der Waals surface area contributed by atoms with Gasteiger partial charge in [-0.15, -0.1) is 0 Å². The molecule has 1 amide bonds. The molecule has 0 N–H and O–H groups in total. The molecule has 1 aliphatic heterocycles. The molecule has 0 unspecified atom stereocenters. The molecular weight excluding hydrogens is 432 g/mol. The van der Waals surface area contributed by atoms with Crippen LogP contribution in [0.3, 0.4) is 0 Å². The number of aromatic nitrogens is 2. The largest absolute Gasteiger partial charge is 0.368 e. The minimum atomic E-state index is -0.0106. The summed E-state index contributed by atoms with van der Waals surface area (Å²) in [4.78, 5) is 35.1. The topological polar surface area (TPSA) is 58.4 Å². The first-order chi connectivity index (χ1) is 16.2. The summed E-state index contributed by atoms with van der Waals surface area (Å²) < 4.78 is 1.77. The molecule has 4 rings (SSSR count). The van der Waals surface area contributed by atoms with Crippen LogP contribution in [-0.2, 0) is 11.3 Å². The zero-order valence-corrected chi connectivity index (χ0v) is 20.1. The van der Waals surface area contributed by atoms with Gasteiger partial charge in [0.05, 0.1) is 16.7 Å². The summed E-state index contributed by atoms with van der Waals surface area (Å²) in [5.41, 5.74) is 1.88. The van der Waals surface area contributed by atoms with E-state index in [4.69, 9.17) is 4.98 Å². The van der Waals surface area contributed by atoms with Crippen molar-refractivity contribution in [3.05, 3.63) is 65.0 Å². The quantitative estimate of drug-likeness (QED) is 0.267. The lowest BCUT2D eigenvalue weighted by Crippen LogP contribution is -2.49.